The number of pyridine rings is 1. The molecule has 90 heavy (non-hydrogen) atoms. The van der Waals surface area contributed by atoms with Crippen LogP contribution in [0.2, 0.25) is 0 Å². The van der Waals surface area contributed by atoms with Crippen LogP contribution in [-0.4, -0.2) is 151 Å². The first kappa shape index (κ1) is 63.2. The van der Waals surface area contributed by atoms with Gasteiger partial charge >= 0.3 is 12.1 Å². The van der Waals surface area contributed by atoms with Crippen molar-refractivity contribution in [3.8, 4) is 46.6 Å². The summed E-state index contributed by atoms with van der Waals surface area (Å²) in [6.45, 7) is 20.1. The van der Waals surface area contributed by atoms with Gasteiger partial charge in [0.15, 0.2) is 17.4 Å². The summed E-state index contributed by atoms with van der Waals surface area (Å²) in [5, 5.41) is 23.1. The number of terminal acetylenes is 1. The Labute approximate surface area is 525 Å². The number of phenolic OH excluding ortho intramolecular Hbond substituents is 1. The van der Waals surface area contributed by atoms with Gasteiger partial charge in [0.1, 0.15) is 46.7 Å². The van der Waals surface area contributed by atoms with E-state index in [-0.39, 0.29) is 94.1 Å². The molecule has 5 aliphatic heterocycles. The summed E-state index contributed by atoms with van der Waals surface area (Å²) in [5.41, 5.74) is 2.49. The lowest BCUT2D eigenvalue weighted by Gasteiger charge is -2.42. The predicted octanol–water partition coefficient (Wildman–Crippen LogP) is 11.4. The Bertz CT molecular complexity index is 3740. The van der Waals surface area contributed by atoms with Crippen LogP contribution in [0.3, 0.4) is 0 Å². The zero-order chi connectivity index (χ0) is 63.5. The minimum atomic E-state index is -0.795. The summed E-state index contributed by atoms with van der Waals surface area (Å²) in [6.07, 6.45) is 18.7. The van der Waals surface area contributed by atoms with Gasteiger partial charge in [0.25, 0.3) is 0 Å². The predicted molar refractivity (Wildman–Crippen MR) is 342 cm³/mol. The number of phenols is 1. The molecule has 5 atom stereocenters. The maximum Gasteiger partial charge on any atom is 0.410 e. The fourth-order valence-corrected chi connectivity index (χ4v) is 14.1. The second-order valence-corrected chi connectivity index (χ2v) is 26.4. The summed E-state index contributed by atoms with van der Waals surface area (Å²) in [6, 6.07) is 17.6. The molecule has 7 aromatic rings. The number of nitrogens with one attached hydrogen (secondary N) is 1. The van der Waals surface area contributed by atoms with Crippen molar-refractivity contribution in [1.29, 1.82) is 0 Å². The highest BCUT2D eigenvalue weighted by Crippen LogP contribution is 2.42. The number of likely N-dealkylation sites (tertiary alicyclic amines) is 2. The number of amides is 3. The number of fused-ring (bicyclic) bond motifs is 4. The van der Waals surface area contributed by atoms with Crippen LogP contribution in [0.25, 0.3) is 44.2 Å². The maximum absolute atomic E-state index is 17.3. The van der Waals surface area contributed by atoms with E-state index in [1.54, 1.807) is 6.20 Å². The summed E-state index contributed by atoms with van der Waals surface area (Å²) in [5.74, 6) is 3.94. The number of hydrogen-bond acceptors (Lipinski definition) is 15. The minimum Gasteiger partial charge on any atom is -0.508 e. The third-order valence-electron chi connectivity index (χ3n) is 18.9. The highest BCUT2D eigenvalue weighted by molar-refractivity contribution is 6.03. The molecule has 2 N–H and O–H groups in total. The van der Waals surface area contributed by atoms with E-state index in [0.717, 1.165) is 113 Å². The van der Waals surface area contributed by atoms with Gasteiger partial charge in [-0.15, -0.1) is 6.42 Å². The average Bonchev–Trinajstić information content (AvgIpc) is 0.889. The van der Waals surface area contributed by atoms with Crippen LogP contribution < -0.4 is 19.9 Å². The SMILES string of the molecule is C#Cc1c(F)ccc2cc(O)cc(-c3ncc4c(N5CC6CCC(C5)N6C(=O)OC(C)(C)C)nc(OCCN5CCC(CC6CCN(c7cc(C(C(=O)N8CCCC8C)C(C)C)on7)CC6)CC5)nc4c3F)c12.CC(NC=O)c1ccc(-c2ccnn2C)cc1. The number of halogens is 2. The Morgan fingerprint density at radius 1 is 0.900 bits per heavy atom. The number of aryl methyl sites for hydroxylation is 1. The smallest absolute Gasteiger partial charge is 0.410 e. The first-order valence-corrected chi connectivity index (χ1v) is 32.0. The molecule has 0 spiro atoms. The molecule has 0 saturated carbocycles. The van der Waals surface area contributed by atoms with E-state index < -0.39 is 17.2 Å². The molecule has 3 amide bonds. The van der Waals surface area contributed by atoms with Crippen LogP contribution >= 0.6 is 0 Å². The van der Waals surface area contributed by atoms with Crippen molar-refractivity contribution in [2.75, 3.05) is 68.8 Å². The van der Waals surface area contributed by atoms with Gasteiger partial charge in [-0.3, -0.25) is 29.1 Å². The van der Waals surface area contributed by atoms with Gasteiger partial charge < -0.3 is 39.1 Å². The molecular weight excluding hydrogens is 1150 g/mol. The van der Waals surface area contributed by atoms with Crippen molar-refractivity contribution in [2.45, 2.75) is 142 Å². The molecule has 5 fully saturated rings. The lowest BCUT2D eigenvalue weighted by atomic mass is 9.83. The third kappa shape index (κ3) is 13.7. The molecule has 19 nitrogen and oxygen atoms in total. The van der Waals surface area contributed by atoms with E-state index in [2.05, 4.69) is 66.9 Å². The number of nitrogens with zero attached hydrogens (tertiary/aromatic N) is 11. The van der Waals surface area contributed by atoms with E-state index in [0.29, 0.717) is 53.8 Å². The summed E-state index contributed by atoms with van der Waals surface area (Å²) >= 11 is 0. The number of anilines is 2. The Morgan fingerprint density at radius 3 is 2.24 bits per heavy atom. The number of aromatic nitrogens is 6. The zero-order valence-electron chi connectivity index (χ0n) is 53.0. The Kier molecular flexibility index (Phi) is 18.9. The highest BCUT2D eigenvalue weighted by Gasteiger charge is 2.45. The van der Waals surface area contributed by atoms with E-state index in [9.17, 15) is 19.5 Å². The number of benzene rings is 3. The molecule has 21 heteroatoms. The summed E-state index contributed by atoms with van der Waals surface area (Å²) < 4.78 is 52.2. The van der Waals surface area contributed by atoms with Crippen molar-refractivity contribution in [1.82, 2.24) is 49.9 Å². The van der Waals surface area contributed by atoms with Crippen LogP contribution in [0.15, 0.2) is 77.6 Å². The van der Waals surface area contributed by atoms with Crippen LogP contribution in [0, 0.1) is 41.7 Å². The Hall–Kier alpha value is -8.38. The van der Waals surface area contributed by atoms with Crippen LogP contribution in [-0.2, 0) is 21.4 Å². The van der Waals surface area contributed by atoms with Crippen molar-refractivity contribution < 1.29 is 42.3 Å². The number of carbonyl (C=O) groups is 3. The topological polar surface area (TPSA) is 201 Å². The number of ether oxygens (including phenoxy) is 2. The molecule has 5 saturated heterocycles. The third-order valence-corrected chi connectivity index (χ3v) is 18.9. The van der Waals surface area contributed by atoms with Gasteiger partial charge in [0, 0.05) is 81.8 Å². The monoisotopic (exact) mass is 1230 g/mol. The lowest BCUT2D eigenvalue weighted by molar-refractivity contribution is -0.135. The number of piperazine rings is 1. The normalized spacial score (nSPS) is 19.9. The second kappa shape index (κ2) is 27.0. The first-order chi connectivity index (χ1) is 43.2. The molecule has 3 aromatic carbocycles. The number of rotatable bonds is 16. The number of aromatic hydroxyl groups is 1. The lowest BCUT2D eigenvalue weighted by Crippen LogP contribution is -2.57. The molecule has 476 valence electrons. The molecule has 2 bridgehead atoms. The van der Waals surface area contributed by atoms with Gasteiger partial charge in [-0.2, -0.15) is 15.1 Å². The van der Waals surface area contributed by atoms with E-state index in [4.69, 9.17) is 25.4 Å². The first-order valence-electron chi connectivity index (χ1n) is 32.0. The molecule has 0 aliphatic carbocycles. The second-order valence-electron chi connectivity index (χ2n) is 26.4. The van der Waals surface area contributed by atoms with E-state index in [1.807, 2.05) is 85.6 Å². The van der Waals surface area contributed by atoms with Crippen molar-refractivity contribution >= 4 is 51.7 Å². The van der Waals surface area contributed by atoms with Crippen molar-refractivity contribution in [3.63, 3.8) is 0 Å². The Balaban J connectivity index is 0.000000423. The zero-order valence-corrected chi connectivity index (χ0v) is 53.0. The van der Waals surface area contributed by atoms with Gasteiger partial charge in [-0.1, -0.05) is 55.3 Å². The molecule has 9 heterocycles. The highest BCUT2D eigenvalue weighted by atomic mass is 19.1. The van der Waals surface area contributed by atoms with Crippen molar-refractivity contribution in [3.05, 3.63) is 102 Å². The summed E-state index contributed by atoms with van der Waals surface area (Å²) in [4.78, 5) is 62.1. The number of hydrogen-bond donors (Lipinski definition) is 2. The fraction of sp³-hybridized carbons (Fsp3) is 0.507. The summed E-state index contributed by atoms with van der Waals surface area (Å²) in [7, 11) is 1.92. The van der Waals surface area contributed by atoms with Crippen molar-refractivity contribution in [2.24, 2.45) is 24.8 Å². The van der Waals surface area contributed by atoms with Crippen LogP contribution in [0.1, 0.15) is 135 Å². The van der Waals surface area contributed by atoms with Crippen LogP contribution in [0.4, 0.5) is 25.2 Å². The molecule has 0 radical (unpaired) electrons. The van der Waals surface area contributed by atoms with Gasteiger partial charge in [-0.05, 0) is 164 Å². The minimum absolute atomic E-state index is 0.00427. The fourth-order valence-electron chi connectivity index (χ4n) is 14.1. The average molecular weight is 1230 g/mol. The molecule has 5 aliphatic rings. The number of carbonyl (C=O) groups excluding carboxylic acids is 3. The largest absolute Gasteiger partial charge is 0.508 e. The van der Waals surface area contributed by atoms with E-state index >= 15 is 8.78 Å². The van der Waals surface area contributed by atoms with Gasteiger partial charge in [-0.25, -0.2) is 13.6 Å². The van der Waals surface area contributed by atoms with E-state index in [1.165, 1.54) is 36.9 Å². The maximum atomic E-state index is 17.3. The Morgan fingerprint density at radius 2 is 1.61 bits per heavy atom. The van der Waals surface area contributed by atoms with Crippen LogP contribution in [0.5, 0.6) is 11.8 Å². The number of piperidine rings is 2. The molecule has 5 unspecified atom stereocenters. The standard InChI is InChI=1S/C56H69F2N9O6.C13H15N3O/c1-8-41-44(57)14-11-37-27-40(68)28-42(48(37)41)50-49(58)51-43(30-59-50)52(65-31-38-12-13-39(32-65)67(38)55(70)72-56(5,6)7)61-54(60-51)71-25-24-63-20-15-35(16-21-63)26-36-17-22-64(23-18-36)46-29-45(73-62-46)47(33(2)3)53(69)66-19-9-10-34(66)4;1-10(14-9-17)11-3-5-12(6-4-11)13-7-8-15-16(13)2/h1,11,14,27-30,33-36,38-39,47,68H,9-10,12-13,15-26,31-32H2,2-7H3;3-10H,1-2H3,(H,14,17). The quantitative estimate of drug-likeness (QED) is 0.0683. The molecular formula is C69H84F2N12O7. The molecule has 4 aromatic heterocycles. The molecule has 12 rings (SSSR count). The van der Waals surface area contributed by atoms with Gasteiger partial charge in [0.2, 0.25) is 12.3 Å². The van der Waals surface area contributed by atoms with Gasteiger partial charge in [0.05, 0.1) is 34.8 Å².